The molecule has 0 radical (unpaired) electrons. The molecule has 1 heterocycles. The molecular weight excluding hydrogens is 335 g/mol. The van der Waals surface area contributed by atoms with Gasteiger partial charge in [0.25, 0.3) is 0 Å². The van der Waals surface area contributed by atoms with Crippen LogP contribution in [0.4, 0.5) is 0 Å². The molecule has 0 aromatic heterocycles. The summed E-state index contributed by atoms with van der Waals surface area (Å²) < 4.78 is 0.793. The van der Waals surface area contributed by atoms with Gasteiger partial charge in [-0.05, 0) is 44.4 Å². The first-order chi connectivity index (χ1) is 7.65. The number of nitrogens with two attached hydrogens (primary N) is 1. The summed E-state index contributed by atoms with van der Waals surface area (Å²) in [7, 11) is 0. The van der Waals surface area contributed by atoms with Crippen molar-refractivity contribution in [2.75, 3.05) is 13.1 Å². The fraction of sp³-hybridized carbons (Fsp3) is 1.00. The third kappa shape index (κ3) is 3.72. The topological polar surface area (TPSA) is 29.3 Å². The lowest BCUT2D eigenvalue weighted by Crippen LogP contribution is -2.50. The lowest BCUT2D eigenvalue weighted by atomic mass is 9.88. The first-order valence-electron chi connectivity index (χ1n) is 6.43. The smallest absolute Gasteiger partial charge is 0.0572 e. The van der Waals surface area contributed by atoms with Crippen LogP contribution in [-0.4, -0.2) is 33.5 Å². The lowest BCUT2D eigenvalue weighted by molar-refractivity contribution is 0.122. The maximum absolute atomic E-state index is 6.18. The zero-order valence-electron chi connectivity index (χ0n) is 9.75. The molecule has 16 heavy (non-hydrogen) atoms. The molecule has 2 N–H and O–H groups in total. The molecule has 1 aliphatic carbocycles. The summed E-state index contributed by atoms with van der Waals surface area (Å²) >= 11 is 8.70. The van der Waals surface area contributed by atoms with Gasteiger partial charge in [0.2, 0.25) is 0 Å². The Balaban J connectivity index is 1.79. The van der Waals surface area contributed by atoms with Crippen molar-refractivity contribution in [2.45, 2.75) is 54.0 Å². The fourth-order valence-electron chi connectivity index (χ4n) is 2.86. The molecule has 4 heteroatoms. The molecule has 2 nitrogen and oxygen atoms in total. The number of hydrogen-bond acceptors (Lipinski definition) is 2. The number of nitrogens with zero attached hydrogens (tertiary/aromatic N) is 1. The van der Waals surface area contributed by atoms with E-state index in [4.69, 9.17) is 17.3 Å². The van der Waals surface area contributed by atoms with Crippen LogP contribution in [0, 0.1) is 5.92 Å². The number of alkyl halides is 2. The van der Waals surface area contributed by atoms with E-state index >= 15 is 0 Å². The van der Waals surface area contributed by atoms with Crippen LogP contribution in [-0.2, 0) is 0 Å². The van der Waals surface area contributed by atoms with Crippen molar-refractivity contribution in [2.24, 2.45) is 11.7 Å². The average Bonchev–Trinajstić information content (AvgIpc) is 2.27. The van der Waals surface area contributed by atoms with E-state index in [0.717, 1.165) is 9.84 Å². The quantitative estimate of drug-likeness (QED) is 0.609. The second-order valence-electron chi connectivity index (χ2n) is 5.31. The van der Waals surface area contributed by atoms with Crippen molar-refractivity contribution in [3.05, 3.63) is 0 Å². The fourth-order valence-corrected chi connectivity index (χ4v) is 3.98. The van der Waals surface area contributed by atoms with Gasteiger partial charge in [-0.2, -0.15) is 0 Å². The van der Waals surface area contributed by atoms with Gasteiger partial charge in [-0.3, -0.25) is 4.90 Å². The Labute approximate surface area is 117 Å². The number of halogens is 2. The van der Waals surface area contributed by atoms with Crippen LogP contribution in [0.2, 0.25) is 0 Å². The molecule has 0 bridgehead atoms. The molecule has 94 valence electrons. The highest BCUT2D eigenvalue weighted by Gasteiger charge is 2.28. The number of piperidine rings is 1. The Morgan fingerprint density at radius 3 is 2.50 bits per heavy atom. The Hall–Kier alpha value is 0.940. The minimum atomic E-state index is 0.305. The van der Waals surface area contributed by atoms with Gasteiger partial charge >= 0.3 is 0 Å². The van der Waals surface area contributed by atoms with E-state index in [1.165, 1.54) is 51.6 Å². The molecule has 0 amide bonds. The number of likely N-dealkylation sites (tertiary alicyclic amines) is 1. The van der Waals surface area contributed by atoms with Crippen LogP contribution < -0.4 is 5.73 Å². The molecule has 2 rings (SSSR count). The van der Waals surface area contributed by atoms with E-state index in [-0.39, 0.29) is 0 Å². The van der Waals surface area contributed by atoms with Crippen LogP contribution in [0.15, 0.2) is 0 Å². The van der Waals surface area contributed by atoms with Crippen LogP contribution in [0.1, 0.15) is 38.5 Å². The average molecular weight is 357 g/mol. The highest BCUT2D eigenvalue weighted by atomic mass is 127. The van der Waals surface area contributed by atoms with E-state index in [1.807, 2.05) is 0 Å². The van der Waals surface area contributed by atoms with Gasteiger partial charge in [-0.1, -0.05) is 22.6 Å². The summed E-state index contributed by atoms with van der Waals surface area (Å²) in [6.45, 7) is 2.38. The second-order valence-corrected chi connectivity index (χ2v) is 7.69. The molecule has 2 atom stereocenters. The van der Waals surface area contributed by atoms with E-state index in [0.29, 0.717) is 11.5 Å². The Morgan fingerprint density at radius 1 is 1.12 bits per heavy atom. The van der Waals surface area contributed by atoms with Crippen molar-refractivity contribution < 1.29 is 0 Å². The SMILES string of the molecule is NC1CCC(I)CN1CC1CCC(Cl)CC1. The molecule has 0 aromatic rings. The first-order valence-corrected chi connectivity index (χ1v) is 8.11. The highest BCUT2D eigenvalue weighted by Crippen LogP contribution is 2.30. The van der Waals surface area contributed by atoms with E-state index in [1.54, 1.807) is 0 Å². The summed E-state index contributed by atoms with van der Waals surface area (Å²) in [6, 6.07) is 0. The number of hydrogen-bond donors (Lipinski definition) is 1. The Kier molecular flexibility index (Phi) is 5.19. The third-order valence-electron chi connectivity index (χ3n) is 3.95. The normalized spacial score (nSPS) is 42.2. The minimum Gasteiger partial charge on any atom is -0.316 e. The summed E-state index contributed by atoms with van der Waals surface area (Å²) in [5, 5.41) is 0.434. The van der Waals surface area contributed by atoms with Gasteiger partial charge in [-0.25, -0.2) is 0 Å². The van der Waals surface area contributed by atoms with Crippen molar-refractivity contribution in [3.63, 3.8) is 0 Å². The largest absolute Gasteiger partial charge is 0.316 e. The second kappa shape index (κ2) is 6.21. The molecule has 1 aliphatic heterocycles. The summed E-state index contributed by atoms with van der Waals surface area (Å²) in [4.78, 5) is 2.50. The van der Waals surface area contributed by atoms with Gasteiger partial charge in [0.1, 0.15) is 0 Å². The summed E-state index contributed by atoms with van der Waals surface area (Å²) in [5.41, 5.74) is 6.18. The van der Waals surface area contributed by atoms with Crippen molar-refractivity contribution in [1.82, 2.24) is 4.90 Å². The van der Waals surface area contributed by atoms with Crippen LogP contribution in [0.25, 0.3) is 0 Å². The first kappa shape index (κ1) is 13.4. The van der Waals surface area contributed by atoms with Gasteiger partial charge < -0.3 is 5.73 Å². The molecule has 1 saturated heterocycles. The van der Waals surface area contributed by atoms with E-state index in [2.05, 4.69) is 27.5 Å². The van der Waals surface area contributed by atoms with Crippen LogP contribution in [0.5, 0.6) is 0 Å². The maximum Gasteiger partial charge on any atom is 0.0572 e. The molecular formula is C12H22ClIN2. The maximum atomic E-state index is 6.18. The molecule has 0 spiro atoms. The predicted molar refractivity (Wildman–Crippen MR) is 78.2 cm³/mol. The summed E-state index contributed by atoms with van der Waals surface area (Å²) in [5.74, 6) is 0.836. The highest BCUT2D eigenvalue weighted by molar-refractivity contribution is 14.1. The zero-order chi connectivity index (χ0) is 11.5. The number of rotatable bonds is 2. The van der Waals surface area contributed by atoms with Gasteiger partial charge in [0.15, 0.2) is 0 Å². The summed E-state index contributed by atoms with van der Waals surface area (Å²) in [6.07, 6.45) is 7.74. The molecule has 2 aliphatic rings. The minimum absolute atomic E-state index is 0.305. The Morgan fingerprint density at radius 2 is 1.81 bits per heavy atom. The van der Waals surface area contributed by atoms with E-state index < -0.39 is 0 Å². The molecule has 2 unspecified atom stereocenters. The zero-order valence-corrected chi connectivity index (χ0v) is 12.7. The molecule has 0 aromatic carbocycles. The predicted octanol–water partition coefficient (Wildman–Crippen LogP) is 2.97. The molecule has 2 fully saturated rings. The Bertz CT molecular complexity index is 219. The molecule has 1 saturated carbocycles. The monoisotopic (exact) mass is 356 g/mol. The third-order valence-corrected chi connectivity index (χ3v) is 5.40. The van der Waals surface area contributed by atoms with E-state index in [9.17, 15) is 0 Å². The van der Waals surface area contributed by atoms with Gasteiger partial charge in [0, 0.05) is 22.4 Å². The van der Waals surface area contributed by atoms with Gasteiger partial charge in [-0.15, -0.1) is 11.6 Å². The van der Waals surface area contributed by atoms with Crippen molar-refractivity contribution in [1.29, 1.82) is 0 Å². The van der Waals surface area contributed by atoms with Gasteiger partial charge in [0.05, 0.1) is 6.17 Å². The lowest BCUT2D eigenvalue weighted by Gasteiger charge is -2.39. The van der Waals surface area contributed by atoms with Crippen LogP contribution in [0.3, 0.4) is 0 Å². The van der Waals surface area contributed by atoms with Crippen molar-refractivity contribution in [3.8, 4) is 0 Å². The van der Waals surface area contributed by atoms with Crippen molar-refractivity contribution >= 4 is 34.2 Å². The standard InChI is InChI=1S/C12H22ClIN2/c13-10-3-1-9(2-4-10)7-16-8-11(14)5-6-12(16)15/h9-12H,1-8,15H2. The van der Waals surface area contributed by atoms with Crippen LogP contribution >= 0.6 is 34.2 Å².